The summed E-state index contributed by atoms with van der Waals surface area (Å²) in [6, 6.07) is 75.3. The highest BCUT2D eigenvalue weighted by Crippen LogP contribution is 2.40. The first kappa shape index (κ1) is 33.6. The molecule has 0 spiro atoms. The number of hydrogen-bond donors (Lipinski definition) is 0. The zero-order valence-electron chi connectivity index (χ0n) is 31.5. The van der Waals surface area contributed by atoms with Crippen LogP contribution in [0.2, 0.25) is 0 Å². The summed E-state index contributed by atoms with van der Waals surface area (Å²) >= 11 is 0. The van der Waals surface area contributed by atoms with Gasteiger partial charge in [-0.25, -0.2) is 15.0 Å². The molecule has 0 fully saturated rings. The molecule has 1 aromatic heterocycles. The summed E-state index contributed by atoms with van der Waals surface area (Å²) in [6.07, 6.45) is 0. The Morgan fingerprint density at radius 1 is 0.224 bits per heavy atom. The summed E-state index contributed by atoms with van der Waals surface area (Å²) in [5.41, 5.74) is 9.62. The van der Waals surface area contributed by atoms with E-state index in [1.165, 1.54) is 48.7 Å². The molecule has 0 aliphatic carbocycles. The van der Waals surface area contributed by atoms with Crippen LogP contribution in [-0.4, -0.2) is 15.0 Å². The molecular formula is C55H35N3. The number of fused-ring (bicyclic) bond motifs is 5. The molecule has 0 radical (unpaired) electrons. The minimum absolute atomic E-state index is 0.624. The number of aromatic nitrogens is 3. The van der Waals surface area contributed by atoms with E-state index in [1.807, 2.05) is 6.07 Å². The van der Waals surface area contributed by atoms with E-state index in [-0.39, 0.29) is 0 Å². The highest BCUT2D eigenvalue weighted by atomic mass is 15.0. The van der Waals surface area contributed by atoms with Crippen LogP contribution in [0.4, 0.5) is 0 Å². The van der Waals surface area contributed by atoms with Crippen molar-refractivity contribution in [2.24, 2.45) is 0 Å². The molecule has 0 aliphatic rings. The summed E-state index contributed by atoms with van der Waals surface area (Å²) in [5.74, 6) is 1.88. The first-order chi connectivity index (χ1) is 28.7. The van der Waals surface area contributed by atoms with Gasteiger partial charge in [0.1, 0.15) is 0 Å². The summed E-state index contributed by atoms with van der Waals surface area (Å²) in [4.78, 5) is 15.6. The predicted molar refractivity (Wildman–Crippen MR) is 242 cm³/mol. The van der Waals surface area contributed by atoms with Crippen molar-refractivity contribution in [3.63, 3.8) is 0 Å². The van der Waals surface area contributed by atoms with Crippen LogP contribution in [0.3, 0.4) is 0 Å². The smallest absolute Gasteiger partial charge is 0.164 e. The minimum atomic E-state index is 0.624. The van der Waals surface area contributed by atoms with Gasteiger partial charge in [0.05, 0.1) is 0 Å². The maximum atomic E-state index is 5.21. The Morgan fingerprint density at radius 3 is 1.60 bits per heavy atom. The van der Waals surface area contributed by atoms with E-state index in [2.05, 4.69) is 206 Å². The van der Waals surface area contributed by atoms with Crippen LogP contribution in [0.15, 0.2) is 212 Å². The molecular weight excluding hydrogens is 703 g/mol. The van der Waals surface area contributed by atoms with Gasteiger partial charge >= 0.3 is 0 Å². The van der Waals surface area contributed by atoms with Gasteiger partial charge in [0.25, 0.3) is 0 Å². The summed E-state index contributed by atoms with van der Waals surface area (Å²) < 4.78 is 0. The minimum Gasteiger partial charge on any atom is -0.208 e. The average Bonchev–Trinajstić information content (AvgIpc) is 3.31. The SMILES string of the molecule is c1ccc(-c2ccccc2-c2nc(-c3ccc(-c4c5ccccc5cc5c4ccc4ccccc45)cc3)nc(-c3cccc(-c4ccc5ccccc5c4)c3)n2)cc1. The Hall–Kier alpha value is -7.75. The maximum Gasteiger partial charge on any atom is 0.164 e. The van der Waals surface area contributed by atoms with Gasteiger partial charge in [-0.1, -0.05) is 194 Å². The van der Waals surface area contributed by atoms with Crippen LogP contribution in [0.5, 0.6) is 0 Å². The zero-order valence-corrected chi connectivity index (χ0v) is 31.5. The third-order valence-electron chi connectivity index (χ3n) is 11.3. The van der Waals surface area contributed by atoms with Gasteiger partial charge in [-0.3, -0.25) is 0 Å². The Bertz CT molecular complexity index is 3330. The zero-order chi connectivity index (χ0) is 38.4. The third kappa shape index (κ3) is 5.98. The molecule has 0 unspecified atom stereocenters. The first-order valence-corrected chi connectivity index (χ1v) is 19.7. The van der Waals surface area contributed by atoms with Crippen LogP contribution < -0.4 is 0 Å². The Balaban J connectivity index is 1.07. The average molecular weight is 738 g/mol. The molecule has 0 aliphatic heterocycles. The van der Waals surface area contributed by atoms with Crippen molar-refractivity contribution in [2.75, 3.05) is 0 Å². The standard InChI is InChI=1S/C55H35N3/c1-2-14-37(15-3-1)46-21-10-11-24-50(46)55-57-53(56-54(58-55)45-20-12-19-42(34-45)43-30-25-36-13-4-5-17-41(36)33-43)40-28-26-39(27-29-40)52-48-23-9-7-18-44(48)35-51-47-22-8-6-16-38(47)31-32-49(51)52/h1-35H. The lowest BCUT2D eigenvalue weighted by Crippen LogP contribution is -2.01. The monoisotopic (exact) mass is 737 g/mol. The fourth-order valence-electron chi connectivity index (χ4n) is 8.43. The van der Waals surface area contributed by atoms with Gasteiger partial charge in [0.15, 0.2) is 17.5 Å². The van der Waals surface area contributed by atoms with E-state index < -0.39 is 0 Å². The fourth-order valence-corrected chi connectivity index (χ4v) is 8.43. The molecule has 0 saturated heterocycles. The van der Waals surface area contributed by atoms with Crippen LogP contribution >= 0.6 is 0 Å². The van der Waals surface area contributed by atoms with Crippen molar-refractivity contribution in [1.29, 1.82) is 0 Å². The lowest BCUT2D eigenvalue weighted by molar-refractivity contribution is 1.07. The quantitative estimate of drug-likeness (QED) is 0.126. The molecule has 3 nitrogen and oxygen atoms in total. The van der Waals surface area contributed by atoms with Crippen molar-refractivity contribution in [1.82, 2.24) is 15.0 Å². The Labute approximate surface area is 336 Å². The molecule has 270 valence electrons. The molecule has 11 rings (SSSR count). The van der Waals surface area contributed by atoms with Crippen molar-refractivity contribution in [2.45, 2.75) is 0 Å². The molecule has 0 saturated carbocycles. The normalized spacial score (nSPS) is 11.4. The second kappa shape index (κ2) is 14.1. The van der Waals surface area contributed by atoms with Gasteiger partial charge in [-0.15, -0.1) is 0 Å². The molecule has 58 heavy (non-hydrogen) atoms. The van der Waals surface area contributed by atoms with Crippen molar-refractivity contribution in [3.8, 4) is 67.5 Å². The molecule has 0 N–H and O–H groups in total. The Morgan fingerprint density at radius 2 is 0.776 bits per heavy atom. The van der Waals surface area contributed by atoms with Gasteiger partial charge in [-0.05, 0) is 94.7 Å². The molecule has 3 heteroatoms. The van der Waals surface area contributed by atoms with Gasteiger partial charge in [0, 0.05) is 16.7 Å². The van der Waals surface area contributed by atoms with Crippen LogP contribution in [0.25, 0.3) is 111 Å². The van der Waals surface area contributed by atoms with Crippen molar-refractivity contribution >= 4 is 43.1 Å². The van der Waals surface area contributed by atoms with E-state index in [0.717, 1.165) is 44.5 Å². The summed E-state index contributed by atoms with van der Waals surface area (Å²) in [5, 5.41) is 9.87. The predicted octanol–water partition coefficient (Wildman–Crippen LogP) is 14.5. The highest BCUT2D eigenvalue weighted by Gasteiger charge is 2.17. The van der Waals surface area contributed by atoms with E-state index in [9.17, 15) is 0 Å². The summed E-state index contributed by atoms with van der Waals surface area (Å²) in [6.45, 7) is 0. The van der Waals surface area contributed by atoms with Crippen molar-refractivity contribution in [3.05, 3.63) is 212 Å². The molecule has 10 aromatic carbocycles. The molecule has 0 atom stereocenters. The maximum absolute atomic E-state index is 5.21. The Kier molecular flexibility index (Phi) is 8.15. The van der Waals surface area contributed by atoms with Gasteiger partial charge in [-0.2, -0.15) is 0 Å². The largest absolute Gasteiger partial charge is 0.208 e. The van der Waals surface area contributed by atoms with E-state index in [4.69, 9.17) is 15.0 Å². The van der Waals surface area contributed by atoms with E-state index >= 15 is 0 Å². The topological polar surface area (TPSA) is 38.7 Å². The van der Waals surface area contributed by atoms with E-state index in [0.29, 0.717) is 17.5 Å². The van der Waals surface area contributed by atoms with Crippen molar-refractivity contribution < 1.29 is 0 Å². The number of hydrogen-bond acceptors (Lipinski definition) is 3. The van der Waals surface area contributed by atoms with Gasteiger partial charge < -0.3 is 0 Å². The van der Waals surface area contributed by atoms with Crippen LogP contribution in [0.1, 0.15) is 0 Å². The van der Waals surface area contributed by atoms with E-state index in [1.54, 1.807) is 0 Å². The fraction of sp³-hybridized carbons (Fsp3) is 0. The van der Waals surface area contributed by atoms with Crippen LogP contribution in [0, 0.1) is 0 Å². The lowest BCUT2D eigenvalue weighted by Gasteiger charge is -2.15. The third-order valence-corrected chi connectivity index (χ3v) is 11.3. The number of nitrogens with zero attached hydrogens (tertiary/aromatic N) is 3. The molecule has 1 heterocycles. The number of rotatable bonds is 6. The summed E-state index contributed by atoms with van der Waals surface area (Å²) in [7, 11) is 0. The first-order valence-electron chi connectivity index (χ1n) is 19.7. The van der Waals surface area contributed by atoms with Crippen LogP contribution in [-0.2, 0) is 0 Å². The highest BCUT2D eigenvalue weighted by molar-refractivity contribution is 6.20. The second-order valence-electron chi connectivity index (χ2n) is 14.8. The second-order valence-corrected chi connectivity index (χ2v) is 14.8. The molecule has 0 bridgehead atoms. The number of benzene rings is 10. The van der Waals surface area contributed by atoms with Gasteiger partial charge in [0.2, 0.25) is 0 Å². The lowest BCUT2D eigenvalue weighted by atomic mass is 9.89. The molecule has 11 aromatic rings. The molecule has 0 amide bonds.